The van der Waals surface area contributed by atoms with Gasteiger partial charge in [0.05, 0.1) is 7.11 Å². The van der Waals surface area contributed by atoms with E-state index in [0.717, 1.165) is 32.4 Å². The fourth-order valence-corrected chi connectivity index (χ4v) is 3.37. The summed E-state index contributed by atoms with van der Waals surface area (Å²) in [5, 5.41) is 9.54. The largest absolute Gasteiger partial charge is 0.504 e. The maximum absolute atomic E-state index is 12.2. The summed E-state index contributed by atoms with van der Waals surface area (Å²) in [6.07, 6.45) is 5.76. The Bertz CT molecular complexity index is 661. The summed E-state index contributed by atoms with van der Waals surface area (Å²) in [7, 11) is 1.45. The van der Waals surface area contributed by atoms with Crippen molar-refractivity contribution >= 4 is 18.0 Å². The number of carbonyl (C=O) groups is 2. The zero-order chi connectivity index (χ0) is 17.1. The Morgan fingerprint density at radius 3 is 2.67 bits per heavy atom. The number of fused-ring (bicyclic) bond motifs is 3. The van der Waals surface area contributed by atoms with Gasteiger partial charge in [0.1, 0.15) is 6.04 Å². The van der Waals surface area contributed by atoms with Gasteiger partial charge in [-0.2, -0.15) is 0 Å². The van der Waals surface area contributed by atoms with Crippen LogP contribution in [-0.2, 0) is 14.3 Å². The van der Waals surface area contributed by atoms with Crippen LogP contribution in [0.3, 0.4) is 0 Å². The van der Waals surface area contributed by atoms with E-state index >= 15 is 0 Å². The normalized spacial score (nSPS) is 25.6. The molecule has 6 heteroatoms. The van der Waals surface area contributed by atoms with Gasteiger partial charge in [0.25, 0.3) is 0 Å². The van der Waals surface area contributed by atoms with Crippen molar-refractivity contribution in [2.24, 2.45) is 5.92 Å². The topological polar surface area (TPSA) is 76.1 Å². The first-order valence-electron chi connectivity index (χ1n) is 8.11. The zero-order valence-electron chi connectivity index (χ0n) is 13.6. The van der Waals surface area contributed by atoms with Gasteiger partial charge in [0.2, 0.25) is 0 Å². The van der Waals surface area contributed by atoms with Crippen molar-refractivity contribution in [2.45, 2.75) is 25.3 Å². The highest BCUT2D eigenvalue weighted by atomic mass is 16.6. The van der Waals surface area contributed by atoms with E-state index in [0.29, 0.717) is 17.2 Å². The van der Waals surface area contributed by atoms with E-state index in [2.05, 4.69) is 4.90 Å². The number of phenols is 1. The van der Waals surface area contributed by atoms with Crippen LogP contribution >= 0.6 is 0 Å². The molecule has 0 aromatic heterocycles. The lowest BCUT2D eigenvalue weighted by atomic mass is 9.83. The fraction of sp³-hybridized carbons (Fsp3) is 0.444. The molecule has 0 radical (unpaired) electrons. The number of methoxy groups -OCH3 is 1. The number of aromatic hydroxyl groups is 1. The summed E-state index contributed by atoms with van der Waals surface area (Å²) in [6.45, 7) is 1.81. The summed E-state index contributed by atoms with van der Waals surface area (Å²) in [5.74, 6) is -0.240. The maximum atomic E-state index is 12.2. The summed E-state index contributed by atoms with van der Waals surface area (Å²) in [5.41, 5.74) is 0.662. The number of phenolic OH excluding ortho intramolecular Hbond substituents is 1. The summed E-state index contributed by atoms with van der Waals surface area (Å²) in [4.78, 5) is 26.2. The number of hydrogen-bond donors (Lipinski definition) is 1. The van der Waals surface area contributed by atoms with Crippen LogP contribution in [0, 0.1) is 5.92 Å². The Morgan fingerprint density at radius 1 is 1.29 bits per heavy atom. The van der Waals surface area contributed by atoms with Gasteiger partial charge in [0, 0.05) is 6.08 Å². The second kappa shape index (κ2) is 7.05. The monoisotopic (exact) mass is 331 g/mol. The molecule has 3 saturated heterocycles. The standard InChI is InChI=1S/C18H21NO5/c1-23-16-11-12(2-4-15(16)20)3-5-17(21)24-18(22)14-10-13-6-8-19(14)9-7-13/h2-5,11,13-14,20H,6-10H2,1H3/b5-3+. The number of nitrogens with zero attached hydrogens (tertiary/aromatic N) is 1. The second-order valence-corrected chi connectivity index (χ2v) is 6.24. The van der Waals surface area contributed by atoms with Crippen LogP contribution in [0.4, 0.5) is 0 Å². The lowest BCUT2D eigenvalue weighted by molar-refractivity contribution is -0.163. The first-order valence-corrected chi connectivity index (χ1v) is 8.11. The van der Waals surface area contributed by atoms with Crippen LogP contribution < -0.4 is 4.74 Å². The molecule has 1 N–H and O–H groups in total. The molecule has 3 fully saturated rings. The van der Waals surface area contributed by atoms with Crippen molar-refractivity contribution < 1.29 is 24.2 Å². The third-order valence-corrected chi connectivity index (χ3v) is 4.74. The van der Waals surface area contributed by atoms with E-state index in [-0.39, 0.29) is 11.8 Å². The molecule has 3 heterocycles. The van der Waals surface area contributed by atoms with Crippen molar-refractivity contribution in [1.29, 1.82) is 0 Å². The highest BCUT2D eigenvalue weighted by molar-refractivity contribution is 5.96. The predicted molar refractivity (Wildman–Crippen MR) is 87.5 cm³/mol. The van der Waals surface area contributed by atoms with Gasteiger partial charge < -0.3 is 14.6 Å². The highest BCUT2D eigenvalue weighted by Crippen LogP contribution is 2.32. The van der Waals surface area contributed by atoms with Crippen molar-refractivity contribution in [3.63, 3.8) is 0 Å². The summed E-state index contributed by atoms with van der Waals surface area (Å²) < 4.78 is 9.96. The third-order valence-electron chi connectivity index (χ3n) is 4.74. The molecule has 1 unspecified atom stereocenters. The van der Waals surface area contributed by atoms with Crippen molar-refractivity contribution in [3.8, 4) is 11.5 Å². The number of ether oxygens (including phenoxy) is 2. The van der Waals surface area contributed by atoms with E-state index in [4.69, 9.17) is 9.47 Å². The molecule has 1 atom stereocenters. The van der Waals surface area contributed by atoms with Crippen molar-refractivity contribution in [2.75, 3.05) is 20.2 Å². The van der Waals surface area contributed by atoms with Crippen LogP contribution in [0.1, 0.15) is 24.8 Å². The SMILES string of the molecule is COc1cc(/C=C/C(=O)OC(=O)C2CC3CCN2CC3)ccc1O. The highest BCUT2D eigenvalue weighted by Gasteiger charge is 2.38. The Hall–Kier alpha value is -2.34. The van der Waals surface area contributed by atoms with Gasteiger partial charge in [0.15, 0.2) is 11.5 Å². The molecule has 3 aliphatic rings. The van der Waals surface area contributed by atoms with Crippen LogP contribution in [0.2, 0.25) is 0 Å². The van der Waals surface area contributed by atoms with Gasteiger partial charge in [-0.15, -0.1) is 0 Å². The number of rotatable bonds is 4. The van der Waals surface area contributed by atoms with E-state index in [1.165, 1.54) is 25.3 Å². The molecular formula is C18H21NO5. The minimum atomic E-state index is -0.685. The Morgan fingerprint density at radius 2 is 2.04 bits per heavy atom. The minimum Gasteiger partial charge on any atom is -0.504 e. The average Bonchev–Trinajstić information content (AvgIpc) is 2.62. The number of hydrogen-bond acceptors (Lipinski definition) is 6. The zero-order valence-corrected chi connectivity index (χ0v) is 13.6. The molecule has 0 aliphatic carbocycles. The summed E-state index contributed by atoms with van der Waals surface area (Å²) in [6, 6.07) is 4.41. The van der Waals surface area contributed by atoms with E-state index < -0.39 is 11.9 Å². The first kappa shape index (κ1) is 16.5. The van der Waals surface area contributed by atoms with Crippen LogP contribution in [0.25, 0.3) is 6.08 Å². The number of benzene rings is 1. The van der Waals surface area contributed by atoms with E-state index in [1.807, 2.05) is 0 Å². The smallest absolute Gasteiger partial charge is 0.338 e. The molecule has 2 bridgehead atoms. The van der Waals surface area contributed by atoms with Gasteiger partial charge in [-0.05, 0) is 62.0 Å². The predicted octanol–water partition coefficient (Wildman–Crippen LogP) is 1.97. The molecule has 0 saturated carbocycles. The first-order chi connectivity index (χ1) is 11.6. The molecule has 4 rings (SSSR count). The minimum absolute atomic E-state index is 0.0220. The number of piperidine rings is 3. The average molecular weight is 331 g/mol. The van der Waals surface area contributed by atoms with E-state index in [1.54, 1.807) is 12.1 Å². The van der Waals surface area contributed by atoms with Crippen LogP contribution in [0.5, 0.6) is 11.5 Å². The lowest BCUT2D eigenvalue weighted by Gasteiger charge is -2.43. The van der Waals surface area contributed by atoms with E-state index in [9.17, 15) is 14.7 Å². The molecule has 0 amide bonds. The Labute approximate surface area is 140 Å². The molecular weight excluding hydrogens is 310 g/mol. The molecule has 3 aliphatic heterocycles. The quantitative estimate of drug-likeness (QED) is 0.516. The second-order valence-electron chi connectivity index (χ2n) is 6.24. The van der Waals surface area contributed by atoms with Crippen molar-refractivity contribution in [1.82, 2.24) is 4.90 Å². The lowest BCUT2D eigenvalue weighted by Crippen LogP contribution is -2.53. The molecule has 1 aromatic rings. The van der Waals surface area contributed by atoms with Crippen LogP contribution in [0.15, 0.2) is 24.3 Å². The molecule has 6 nitrogen and oxygen atoms in total. The van der Waals surface area contributed by atoms with Gasteiger partial charge >= 0.3 is 11.9 Å². The fourth-order valence-electron chi connectivity index (χ4n) is 3.37. The summed E-state index contributed by atoms with van der Waals surface area (Å²) >= 11 is 0. The maximum Gasteiger partial charge on any atom is 0.338 e. The molecule has 24 heavy (non-hydrogen) atoms. The van der Waals surface area contributed by atoms with Gasteiger partial charge in [-0.1, -0.05) is 6.07 Å². The number of esters is 2. The Balaban J connectivity index is 1.58. The Kier molecular flexibility index (Phi) is 4.85. The van der Waals surface area contributed by atoms with Gasteiger partial charge in [-0.25, -0.2) is 9.59 Å². The third kappa shape index (κ3) is 3.59. The van der Waals surface area contributed by atoms with Gasteiger partial charge in [-0.3, -0.25) is 4.90 Å². The molecule has 0 spiro atoms. The molecule has 1 aromatic carbocycles. The van der Waals surface area contributed by atoms with Crippen molar-refractivity contribution in [3.05, 3.63) is 29.8 Å². The number of carbonyl (C=O) groups excluding carboxylic acids is 2. The molecule has 128 valence electrons. The van der Waals surface area contributed by atoms with Crippen LogP contribution in [-0.4, -0.2) is 48.2 Å².